The molecule has 6 heteroatoms. The summed E-state index contributed by atoms with van der Waals surface area (Å²) in [7, 11) is 0. The lowest BCUT2D eigenvalue weighted by Gasteiger charge is -2.09. The standard InChI is InChI=1S/C11H12BrN3S2/c1-6(13)9-4-3-8(5-10(9)12)16-11-14-7(2)15-17-11/h3-6H,13H2,1-2H3/t6-/m1/s1. The summed E-state index contributed by atoms with van der Waals surface area (Å²) in [4.78, 5) is 5.46. The Kier molecular flexibility index (Phi) is 4.19. The third-order valence-corrected chi connectivity index (χ3v) is 4.70. The summed E-state index contributed by atoms with van der Waals surface area (Å²) in [6, 6.07) is 6.21. The zero-order chi connectivity index (χ0) is 12.4. The summed E-state index contributed by atoms with van der Waals surface area (Å²) in [6.45, 7) is 3.87. The molecule has 0 bridgehead atoms. The summed E-state index contributed by atoms with van der Waals surface area (Å²) in [5.41, 5.74) is 6.98. The first-order valence-electron chi connectivity index (χ1n) is 5.09. The van der Waals surface area contributed by atoms with Crippen LogP contribution in [0.3, 0.4) is 0 Å². The van der Waals surface area contributed by atoms with E-state index in [-0.39, 0.29) is 6.04 Å². The molecule has 0 spiro atoms. The first kappa shape index (κ1) is 13.0. The minimum atomic E-state index is 0.0344. The van der Waals surface area contributed by atoms with E-state index in [1.165, 1.54) is 11.5 Å². The highest BCUT2D eigenvalue weighted by Gasteiger charge is 2.08. The van der Waals surface area contributed by atoms with E-state index in [4.69, 9.17) is 5.73 Å². The summed E-state index contributed by atoms with van der Waals surface area (Å²) >= 11 is 6.58. The van der Waals surface area contributed by atoms with Crippen LogP contribution in [0.4, 0.5) is 0 Å². The van der Waals surface area contributed by atoms with E-state index in [1.54, 1.807) is 11.8 Å². The molecule has 0 fully saturated rings. The Hall–Kier alpha value is -0.430. The van der Waals surface area contributed by atoms with Gasteiger partial charge in [-0.1, -0.05) is 33.8 Å². The highest BCUT2D eigenvalue weighted by atomic mass is 79.9. The molecular formula is C11H12BrN3S2. The van der Waals surface area contributed by atoms with Crippen LogP contribution in [0.25, 0.3) is 0 Å². The van der Waals surface area contributed by atoms with Gasteiger partial charge in [0, 0.05) is 15.4 Å². The number of nitrogens with two attached hydrogens (primary N) is 1. The van der Waals surface area contributed by atoms with Gasteiger partial charge in [0.25, 0.3) is 0 Å². The number of hydrogen-bond acceptors (Lipinski definition) is 5. The zero-order valence-corrected chi connectivity index (χ0v) is 12.7. The highest BCUT2D eigenvalue weighted by molar-refractivity contribution is 9.10. The molecule has 0 aliphatic heterocycles. The number of aromatic nitrogens is 2. The lowest BCUT2D eigenvalue weighted by atomic mass is 10.1. The van der Waals surface area contributed by atoms with E-state index in [1.807, 2.05) is 19.9 Å². The first-order chi connectivity index (χ1) is 8.06. The van der Waals surface area contributed by atoms with Crippen molar-refractivity contribution in [3.63, 3.8) is 0 Å². The van der Waals surface area contributed by atoms with Crippen molar-refractivity contribution in [3.05, 3.63) is 34.1 Å². The van der Waals surface area contributed by atoms with Crippen molar-refractivity contribution in [2.24, 2.45) is 5.73 Å². The van der Waals surface area contributed by atoms with Crippen molar-refractivity contribution in [3.8, 4) is 0 Å². The first-order valence-corrected chi connectivity index (χ1v) is 7.48. The third kappa shape index (κ3) is 3.28. The Bertz CT molecular complexity index is 525. The molecule has 0 unspecified atom stereocenters. The second-order valence-electron chi connectivity index (χ2n) is 3.68. The van der Waals surface area contributed by atoms with E-state index in [2.05, 4.69) is 37.4 Å². The maximum Gasteiger partial charge on any atom is 0.174 e. The molecule has 2 N–H and O–H groups in total. The Morgan fingerprint density at radius 2 is 2.24 bits per heavy atom. The molecule has 1 heterocycles. The summed E-state index contributed by atoms with van der Waals surface area (Å²) in [5, 5.41) is 0. The molecule has 0 aliphatic rings. The van der Waals surface area contributed by atoms with Crippen LogP contribution in [-0.4, -0.2) is 9.36 Å². The number of benzene rings is 1. The van der Waals surface area contributed by atoms with Crippen LogP contribution >= 0.6 is 39.2 Å². The normalized spacial score (nSPS) is 12.7. The van der Waals surface area contributed by atoms with Gasteiger partial charge in [-0.3, -0.25) is 0 Å². The Morgan fingerprint density at radius 1 is 1.47 bits per heavy atom. The van der Waals surface area contributed by atoms with Gasteiger partial charge in [0.2, 0.25) is 0 Å². The van der Waals surface area contributed by atoms with E-state index in [9.17, 15) is 0 Å². The van der Waals surface area contributed by atoms with Crippen molar-refractivity contribution in [2.45, 2.75) is 29.1 Å². The molecule has 0 saturated carbocycles. The molecule has 1 aromatic carbocycles. The molecule has 0 radical (unpaired) electrons. The van der Waals surface area contributed by atoms with Crippen LogP contribution in [0.2, 0.25) is 0 Å². The quantitative estimate of drug-likeness (QED) is 0.930. The molecule has 2 rings (SSSR count). The maximum atomic E-state index is 5.86. The second kappa shape index (κ2) is 5.48. The molecule has 0 saturated heterocycles. The molecule has 2 aromatic rings. The number of hydrogen-bond donors (Lipinski definition) is 1. The molecular weight excluding hydrogens is 318 g/mol. The monoisotopic (exact) mass is 329 g/mol. The van der Waals surface area contributed by atoms with Gasteiger partial charge in [0.15, 0.2) is 4.34 Å². The van der Waals surface area contributed by atoms with Crippen LogP contribution in [0.1, 0.15) is 24.4 Å². The van der Waals surface area contributed by atoms with Gasteiger partial charge in [-0.15, -0.1) is 0 Å². The fraction of sp³-hybridized carbons (Fsp3) is 0.273. The molecule has 1 atom stereocenters. The second-order valence-corrected chi connectivity index (χ2v) is 6.61. The van der Waals surface area contributed by atoms with Gasteiger partial charge in [-0.05, 0) is 43.1 Å². The van der Waals surface area contributed by atoms with E-state index in [0.29, 0.717) is 0 Å². The molecule has 3 nitrogen and oxygen atoms in total. The van der Waals surface area contributed by atoms with Crippen LogP contribution in [-0.2, 0) is 0 Å². The van der Waals surface area contributed by atoms with Gasteiger partial charge in [-0.25, -0.2) is 4.98 Å². The number of rotatable bonds is 3. The Morgan fingerprint density at radius 3 is 2.76 bits per heavy atom. The van der Waals surface area contributed by atoms with E-state index >= 15 is 0 Å². The number of halogens is 1. The van der Waals surface area contributed by atoms with Crippen LogP contribution in [0, 0.1) is 6.92 Å². The summed E-state index contributed by atoms with van der Waals surface area (Å²) < 4.78 is 6.16. The molecule has 1 aromatic heterocycles. The predicted molar refractivity (Wildman–Crippen MR) is 75.5 cm³/mol. The van der Waals surface area contributed by atoms with Crippen molar-refractivity contribution in [2.75, 3.05) is 0 Å². The maximum absolute atomic E-state index is 5.86. The largest absolute Gasteiger partial charge is 0.324 e. The Balaban J connectivity index is 2.20. The summed E-state index contributed by atoms with van der Waals surface area (Å²) in [5.74, 6) is 0.823. The lowest BCUT2D eigenvalue weighted by Crippen LogP contribution is -2.05. The van der Waals surface area contributed by atoms with Crippen LogP contribution in [0.15, 0.2) is 31.9 Å². The molecule has 0 amide bonds. The fourth-order valence-corrected chi connectivity index (χ4v) is 3.92. The van der Waals surface area contributed by atoms with E-state index in [0.717, 1.165) is 25.1 Å². The van der Waals surface area contributed by atoms with Crippen LogP contribution in [0.5, 0.6) is 0 Å². The number of nitrogens with zero attached hydrogens (tertiary/aromatic N) is 2. The van der Waals surface area contributed by atoms with E-state index < -0.39 is 0 Å². The van der Waals surface area contributed by atoms with Crippen molar-refractivity contribution in [1.82, 2.24) is 9.36 Å². The minimum Gasteiger partial charge on any atom is -0.324 e. The van der Waals surface area contributed by atoms with Gasteiger partial charge >= 0.3 is 0 Å². The van der Waals surface area contributed by atoms with Gasteiger partial charge < -0.3 is 5.73 Å². The number of aryl methyl sites for hydroxylation is 1. The van der Waals surface area contributed by atoms with Crippen molar-refractivity contribution in [1.29, 1.82) is 0 Å². The van der Waals surface area contributed by atoms with Crippen molar-refractivity contribution < 1.29 is 0 Å². The molecule has 0 aliphatic carbocycles. The Labute approximate surface area is 117 Å². The minimum absolute atomic E-state index is 0.0344. The SMILES string of the molecule is Cc1nsc(Sc2ccc([C@@H](C)N)c(Br)c2)n1. The highest BCUT2D eigenvalue weighted by Crippen LogP contribution is 2.33. The lowest BCUT2D eigenvalue weighted by molar-refractivity contribution is 0.811. The average molecular weight is 330 g/mol. The molecule has 17 heavy (non-hydrogen) atoms. The predicted octanol–water partition coefficient (Wildman–Crippen LogP) is 3.78. The van der Waals surface area contributed by atoms with Crippen LogP contribution < -0.4 is 5.73 Å². The van der Waals surface area contributed by atoms with Gasteiger partial charge in [-0.2, -0.15) is 4.37 Å². The smallest absolute Gasteiger partial charge is 0.174 e. The van der Waals surface area contributed by atoms with Gasteiger partial charge in [0.1, 0.15) is 5.82 Å². The van der Waals surface area contributed by atoms with Crippen molar-refractivity contribution >= 4 is 39.2 Å². The average Bonchev–Trinajstić information content (AvgIpc) is 2.63. The molecule has 90 valence electrons. The third-order valence-electron chi connectivity index (χ3n) is 2.18. The summed E-state index contributed by atoms with van der Waals surface area (Å²) in [6.07, 6.45) is 0. The fourth-order valence-electron chi connectivity index (χ4n) is 1.36. The topological polar surface area (TPSA) is 51.8 Å². The zero-order valence-electron chi connectivity index (χ0n) is 9.48. The van der Waals surface area contributed by atoms with Gasteiger partial charge in [0.05, 0.1) is 0 Å².